The molecule has 0 bridgehead atoms. The van der Waals surface area contributed by atoms with Gasteiger partial charge in [0.15, 0.2) is 0 Å². The maximum Gasteiger partial charge on any atom is 0.550 e. The molecule has 0 spiro atoms. The van der Waals surface area contributed by atoms with E-state index < -0.39 is 8.80 Å². The van der Waals surface area contributed by atoms with Gasteiger partial charge in [0.25, 0.3) is 0 Å². The topological polar surface area (TPSA) is 60.4 Å². The normalized spacial score (nSPS) is 11.2. The Bertz CT molecular complexity index is 54.3. The van der Waals surface area contributed by atoms with Gasteiger partial charge in [-0.05, 0) is 5.70 Å². The van der Waals surface area contributed by atoms with E-state index in [2.05, 4.69) is 6.58 Å². The van der Waals surface area contributed by atoms with Crippen LogP contribution in [0.3, 0.4) is 0 Å². The largest absolute Gasteiger partial charge is 0.550 e. The summed E-state index contributed by atoms with van der Waals surface area (Å²) in [4.78, 5) is 25.3. The van der Waals surface area contributed by atoms with Gasteiger partial charge in [-0.25, -0.2) is 4.80 Å². The first-order chi connectivity index (χ1) is 2.56. The summed E-state index contributed by atoms with van der Waals surface area (Å²) in [5.74, 6) is 0. The van der Waals surface area contributed by atoms with Crippen molar-refractivity contribution < 1.29 is 14.4 Å². The SMILES string of the molecule is C=C[Si]([O])(O)O. The molecule has 0 unspecified atom stereocenters. The van der Waals surface area contributed by atoms with Crippen LogP contribution in [-0.2, 0) is 4.80 Å². The zero-order valence-corrected chi connectivity index (χ0v) is 4.09. The molecule has 0 aromatic carbocycles. The van der Waals surface area contributed by atoms with E-state index in [1.807, 2.05) is 0 Å². The first-order valence-corrected chi connectivity index (χ1v) is 3.23. The Labute approximate surface area is 36.5 Å². The summed E-state index contributed by atoms with van der Waals surface area (Å²) in [5, 5.41) is 0. The summed E-state index contributed by atoms with van der Waals surface area (Å²) in [6.07, 6.45) is 0. The highest BCUT2D eigenvalue weighted by atomic mass is 28.4. The Kier molecular flexibility index (Phi) is 1.48. The van der Waals surface area contributed by atoms with Crippen molar-refractivity contribution in [1.29, 1.82) is 0 Å². The third-order valence-electron chi connectivity index (χ3n) is 0.266. The molecule has 0 aromatic rings. The summed E-state index contributed by atoms with van der Waals surface area (Å²) in [7, 11) is -4.12. The van der Waals surface area contributed by atoms with Gasteiger partial charge in [-0.3, -0.25) is 0 Å². The number of rotatable bonds is 1. The van der Waals surface area contributed by atoms with Crippen LogP contribution in [-0.4, -0.2) is 18.4 Å². The van der Waals surface area contributed by atoms with Crippen LogP contribution in [0.2, 0.25) is 0 Å². The molecule has 0 rings (SSSR count). The maximum atomic E-state index is 9.60. The molecule has 0 aliphatic heterocycles. The summed E-state index contributed by atoms with van der Waals surface area (Å²) in [6.45, 7) is 2.88. The summed E-state index contributed by atoms with van der Waals surface area (Å²) in [5.41, 5.74) is 0.632. The first-order valence-electron chi connectivity index (χ1n) is 1.35. The molecular formula is C2H5O3Si. The third-order valence-corrected chi connectivity index (χ3v) is 0.798. The number of hydrogen-bond donors (Lipinski definition) is 2. The van der Waals surface area contributed by atoms with E-state index in [1.165, 1.54) is 0 Å². The summed E-state index contributed by atoms with van der Waals surface area (Å²) >= 11 is 0. The van der Waals surface area contributed by atoms with Crippen molar-refractivity contribution in [2.45, 2.75) is 0 Å². The first kappa shape index (κ1) is 5.84. The monoisotopic (exact) mass is 105 g/mol. The predicted molar refractivity (Wildman–Crippen MR) is 21.1 cm³/mol. The molecule has 0 aliphatic rings. The average Bonchev–Trinajstić information content (AvgIpc) is 1.35. The molecular weight excluding hydrogens is 100 g/mol. The molecule has 4 heteroatoms. The van der Waals surface area contributed by atoms with E-state index in [1.54, 1.807) is 0 Å². The highest BCUT2D eigenvalue weighted by molar-refractivity contribution is 6.61. The minimum absolute atomic E-state index is 0.632. The molecule has 0 atom stereocenters. The van der Waals surface area contributed by atoms with Gasteiger partial charge < -0.3 is 9.59 Å². The minimum atomic E-state index is -4.12. The second kappa shape index (κ2) is 1.52. The highest BCUT2D eigenvalue weighted by Gasteiger charge is 2.22. The van der Waals surface area contributed by atoms with Gasteiger partial charge in [0.05, 0.1) is 0 Å². The van der Waals surface area contributed by atoms with Crippen molar-refractivity contribution in [3.05, 3.63) is 12.3 Å². The van der Waals surface area contributed by atoms with Crippen LogP contribution < -0.4 is 0 Å². The smallest absolute Gasteiger partial charge is 0.385 e. The maximum absolute atomic E-state index is 9.60. The molecule has 0 fully saturated rings. The van der Waals surface area contributed by atoms with Crippen molar-refractivity contribution in [3.63, 3.8) is 0 Å². The van der Waals surface area contributed by atoms with Gasteiger partial charge in [0, 0.05) is 0 Å². The fourth-order valence-electron chi connectivity index (χ4n) is 0. The van der Waals surface area contributed by atoms with Gasteiger partial charge in [0.1, 0.15) is 0 Å². The van der Waals surface area contributed by atoms with E-state index in [0.29, 0.717) is 5.70 Å². The lowest BCUT2D eigenvalue weighted by Gasteiger charge is -1.93. The minimum Gasteiger partial charge on any atom is -0.385 e. The van der Waals surface area contributed by atoms with E-state index in [4.69, 9.17) is 9.59 Å². The predicted octanol–water partition coefficient (Wildman–Crippen LogP) is -0.934. The van der Waals surface area contributed by atoms with E-state index >= 15 is 0 Å². The Hall–Kier alpha value is -0.163. The molecule has 2 N–H and O–H groups in total. The van der Waals surface area contributed by atoms with Crippen LogP contribution in [0.4, 0.5) is 0 Å². The third kappa shape index (κ3) is 3.84. The van der Waals surface area contributed by atoms with Crippen LogP contribution in [0.5, 0.6) is 0 Å². The quantitative estimate of drug-likeness (QED) is 0.423. The molecule has 6 heavy (non-hydrogen) atoms. The average molecular weight is 105 g/mol. The Morgan fingerprint density at radius 3 is 1.83 bits per heavy atom. The van der Waals surface area contributed by atoms with Gasteiger partial charge in [0.2, 0.25) is 0 Å². The van der Waals surface area contributed by atoms with Crippen molar-refractivity contribution >= 4 is 8.80 Å². The lowest BCUT2D eigenvalue weighted by molar-refractivity contribution is 0.200. The van der Waals surface area contributed by atoms with Crippen molar-refractivity contribution in [1.82, 2.24) is 0 Å². The van der Waals surface area contributed by atoms with Crippen LogP contribution >= 0.6 is 0 Å². The zero-order valence-electron chi connectivity index (χ0n) is 3.09. The Balaban J connectivity index is 3.45. The lowest BCUT2D eigenvalue weighted by atomic mass is 11.3. The molecule has 3 nitrogen and oxygen atoms in total. The standard InChI is InChI=1S/C2H5O3Si/c1-2-6(3,4)5/h2-4H,1H2. The van der Waals surface area contributed by atoms with Crippen LogP contribution in [0.25, 0.3) is 0 Å². The molecule has 0 saturated heterocycles. The zero-order chi connectivity index (χ0) is 5.21. The highest BCUT2D eigenvalue weighted by Crippen LogP contribution is 1.82. The molecule has 0 saturated carbocycles. The van der Waals surface area contributed by atoms with Crippen molar-refractivity contribution in [2.24, 2.45) is 0 Å². The molecule has 0 aromatic heterocycles. The van der Waals surface area contributed by atoms with Crippen molar-refractivity contribution in [2.75, 3.05) is 0 Å². The van der Waals surface area contributed by atoms with E-state index in [9.17, 15) is 4.80 Å². The summed E-state index contributed by atoms with van der Waals surface area (Å²) in [6, 6.07) is 0. The van der Waals surface area contributed by atoms with Gasteiger partial charge in [-0.1, -0.05) is 6.58 Å². The van der Waals surface area contributed by atoms with Gasteiger partial charge in [-0.2, -0.15) is 0 Å². The van der Waals surface area contributed by atoms with Crippen molar-refractivity contribution in [3.8, 4) is 0 Å². The van der Waals surface area contributed by atoms with E-state index in [-0.39, 0.29) is 0 Å². The molecule has 0 amide bonds. The van der Waals surface area contributed by atoms with Crippen LogP contribution in [0.1, 0.15) is 0 Å². The lowest BCUT2D eigenvalue weighted by Crippen LogP contribution is -2.29. The molecule has 35 valence electrons. The van der Waals surface area contributed by atoms with Crippen LogP contribution in [0, 0.1) is 0 Å². The van der Waals surface area contributed by atoms with Gasteiger partial charge >= 0.3 is 8.80 Å². The molecule has 1 radical (unpaired) electrons. The molecule has 0 heterocycles. The fraction of sp³-hybridized carbons (Fsp3) is 0. The Morgan fingerprint density at radius 2 is 1.83 bits per heavy atom. The van der Waals surface area contributed by atoms with Crippen LogP contribution in [0.15, 0.2) is 12.3 Å². The van der Waals surface area contributed by atoms with Gasteiger partial charge in [-0.15, -0.1) is 0 Å². The summed E-state index contributed by atoms with van der Waals surface area (Å²) < 4.78 is 0. The van der Waals surface area contributed by atoms with E-state index in [0.717, 1.165) is 0 Å². The number of hydrogen-bond acceptors (Lipinski definition) is 2. The second-order valence-corrected chi connectivity index (χ2v) is 2.59. The second-order valence-electron chi connectivity index (χ2n) is 0.863. The molecule has 0 aliphatic carbocycles. The fourth-order valence-corrected chi connectivity index (χ4v) is 0. The Morgan fingerprint density at radius 1 is 1.67 bits per heavy atom.